The van der Waals surface area contributed by atoms with Gasteiger partial charge in [0.2, 0.25) is 0 Å². The topological polar surface area (TPSA) is 73.1 Å². The van der Waals surface area contributed by atoms with Crippen LogP contribution in [0.5, 0.6) is 6.01 Å². The first-order chi connectivity index (χ1) is 12.2. The van der Waals surface area contributed by atoms with Gasteiger partial charge < -0.3 is 4.74 Å². The van der Waals surface area contributed by atoms with E-state index >= 15 is 0 Å². The minimum Gasteiger partial charge on any atom is -0.467 e. The summed E-state index contributed by atoms with van der Waals surface area (Å²) >= 11 is 0. The number of hydrogen-bond acceptors (Lipinski definition) is 6. The number of likely N-dealkylation sites (tertiary alicyclic amines) is 1. The van der Waals surface area contributed by atoms with Gasteiger partial charge in [0.05, 0.1) is 25.0 Å². The van der Waals surface area contributed by atoms with Gasteiger partial charge in [-0.05, 0) is 44.4 Å². The van der Waals surface area contributed by atoms with Crippen molar-refractivity contribution in [3.8, 4) is 6.01 Å². The molecular formula is C18H23N5O2. The van der Waals surface area contributed by atoms with E-state index in [9.17, 15) is 4.79 Å². The second-order valence-electron chi connectivity index (χ2n) is 6.85. The standard InChI is InChI=1S/C18H23N5O2/c1-25-18-19-9-8-14(20-18)11-22-10-2-3-15(22)12-23-17(24)7-6-16(21-23)13-4-5-13/h6-9,13,15H,2-5,10-12H2,1H3. The Hall–Kier alpha value is -2.28. The summed E-state index contributed by atoms with van der Waals surface area (Å²) in [6.07, 6.45) is 6.30. The van der Waals surface area contributed by atoms with Gasteiger partial charge in [-0.15, -0.1) is 0 Å². The summed E-state index contributed by atoms with van der Waals surface area (Å²) in [6.45, 7) is 2.39. The molecule has 1 unspecified atom stereocenters. The maximum Gasteiger partial charge on any atom is 0.316 e. The number of aromatic nitrogens is 4. The van der Waals surface area contributed by atoms with Gasteiger partial charge in [0, 0.05) is 30.8 Å². The summed E-state index contributed by atoms with van der Waals surface area (Å²) in [5.41, 5.74) is 1.98. The van der Waals surface area contributed by atoms with Crippen molar-refractivity contribution in [1.29, 1.82) is 0 Å². The summed E-state index contributed by atoms with van der Waals surface area (Å²) in [6, 6.07) is 6.16. The maximum absolute atomic E-state index is 12.2. The van der Waals surface area contributed by atoms with Gasteiger partial charge >= 0.3 is 6.01 Å². The first-order valence-corrected chi connectivity index (χ1v) is 8.91. The Bertz CT molecular complexity index is 802. The van der Waals surface area contributed by atoms with Crippen LogP contribution in [-0.4, -0.2) is 44.3 Å². The van der Waals surface area contributed by atoms with Crippen LogP contribution < -0.4 is 10.3 Å². The third kappa shape index (κ3) is 3.71. The summed E-state index contributed by atoms with van der Waals surface area (Å²) in [5.74, 6) is 0.556. The minimum atomic E-state index is -0.0139. The molecule has 2 aliphatic rings. The molecule has 0 N–H and O–H groups in total. The molecule has 2 aromatic rings. The van der Waals surface area contributed by atoms with Crippen molar-refractivity contribution in [1.82, 2.24) is 24.6 Å². The van der Waals surface area contributed by atoms with Gasteiger partial charge in [0.1, 0.15) is 0 Å². The van der Waals surface area contributed by atoms with E-state index in [2.05, 4.69) is 20.0 Å². The van der Waals surface area contributed by atoms with E-state index in [4.69, 9.17) is 4.74 Å². The van der Waals surface area contributed by atoms with E-state index in [0.29, 0.717) is 24.5 Å². The van der Waals surface area contributed by atoms with Crippen molar-refractivity contribution < 1.29 is 4.74 Å². The van der Waals surface area contributed by atoms with Crippen LogP contribution in [0, 0.1) is 0 Å². The molecule has 1 atom stereocenters. The van der Waals surface area contributed by atoms with Crippen LogP contribution in [0.2, 0.25) is 0 Å². The van der Waals surface area contributed by atoms with Gasteiger partial charge in [-0.3, -0.25) is 9.69 Å². The highest BCUT2D eigenvalue weighted by molar-refractivity contribution is 5.12. The Morgan fingerprint density at radius 1 is 1.24 bits per heavy atom. The maximum atomic E-state index is 12.2. The number of rotatable bonds is 6. The van der Waals surface area contributed by atoms with Gasteiger partial charge in [0.25, 0.3) is 5.56 Å². The number of hydrogen-bond donors (Lipinski definition) is 0. The second-order valence-corrected chi connectivity index (χ2v) is 6.85. The summed E-state index contributed by atoms with van der Waals surface area (Å²) in [5, 5.41) is 4.60. The second kappa shape index (κ2) is 6.92. The Balaban J connectivity index is 1.48. The minimum absolute atomic E-state index is 0.0139. The molecule has 25 heavy (non-hydrogen) atoms. The molecule has 2 fully saturated rings. The quantitative estimate of drug-likeness (QED) is 0.794. The van der Waals surface area contributed by atoms with Crippen molar-refractivity contribution in [3.63, 3.8) is 0 Å². The highest BCUT2D eigenvalue weighted by Gasteiger charge is 2.28. The van der Waals surface area contributed by atoms with E-state index in [1.54, 1.807) is 24.1 Å². The van der Waals surface area contributed by atoms with Gasteiger partial charge in [-0.25, -0.2) is 9.67 Å². The zero-order valence-corrected chi connectivity index (χ0v) is 14.5. The molecular weight excluding hydrogens is 318 g/mol. The molecule has 1 saturated heterocycles. The molecule has 0 aromatic carbocycles. The smallest absolute Gasteiger partial charge is 0.316 e. The first kappa shape index (κ1) is 16.2. The molecule has 0 amide bonds. The molecule has 2 aromatic heterocycles. The van der Waals surface area contributed by atoms with Crippen LogP contribution in [0.15, 0.2) is 29.2 Å². The molecule has 1 saturated carbocycles. The Labute approximate surface area is 146 Å². The van der Waals surface area contributed by atoms with Crippen LogP contribution in [0.1, 0.15) is 43.0 Å². The van der Waals surface area contributed by atoms with Crippen molar-refractivity contribution in [2.24, 2.45) is 0 Å². The predicted octanol–water partition coefficient (Wildman–Crippen LogP) is 1.58. The fraction of sp³-hybridized carbons (Fsp3) is 0.556. The fourth-order valence-corrected chi connectivity index (χ4v) is 3.47. The van der Waals surface area contributed by atoms with Crippen LogP contribution >= 0.6 is 0 Å². The van der Waals surface area contributed by atoms with E-state index in [0.717, 1.165) is 37.3 Å². The van der Waals surface area contributed by atoms with Crippen LogP contribution in [0.3, 0.4) is 0 Å². The SMILES string of the molecule is COc1nccc(CN2CCCC2Cn2nc(C3CC3)ccc2=O)n1. The molecule has 4 rings (SSSR count). The fourth-order valence-electron chi connectivity index (χ4n) is 3.47. The summed E-state index contributed by atoms with van der Waals surface area (Å²) < 4.78 is 6.75. The lowest BCUT2D eigenvalue weighted by molar-refractivity contribution is 0.213. The van der Waals surface area contributed by atoms with E-state index in [1.807, 2.05) is 12.1 Å². The molecule has 132 valence electrons. The largest absolute Gasteiger partial charge is 0.467 e. The Morgan fingerprint density at radius 3 is 2.92 bits per heavy atom. The van der Waals surface area contributed by atoms with Crippen LogP contribution in [0.4, 0.5) is 0 Å². The van der Waals surface area contributed by atoms with Crippen molar-refractivity contribution in [3.05, 3.63) is 46.1 Å². The normalized spacial score (nSPS) is 20.8. The molecule has 1 aliphatic heterocycles. The molecule has 7 heteroatoms. The highest BCUT2D eigenvalue weighted by Crippen LogP contribution is 2.38. The Morgan fingerprint density at radius 2 is 2.12 bits per heavy atom. The van der Waals surface area contributed by atoms with Crippen molar-refractivity contribution in [2.75, 3.05) is 13.7 Å². The van der Waals surface area contributed by atoms with Gasteiger partial charge in [-0.2, -0.15) is 10.1 Å². The van der Waals surface area contributed by atoms with Crippen molar-refractivity contribution in [2.45, 2.75) is 50.7 Å². The van der Waals surface area contributed by atoms with Crippen molar-refractivity contribution >= 4 is 0 Å². The lowest BCUT2D eigenvalue weighted by atomic mass is 10.2. The Kier molecular flexibility index (Phi) is 4.48. The van der Waals surface area contributed by atoms with E-state index in [1.165, 1.54) is 12.8 Å². The predicted molar refractivity (Wildman–Crippen MR) is 92.5 cm³/mol. The van der Waals surface area contributed by atoms with Gasteiger partial charge in [0.15, 0.2) is 0 Å². The van der Waals surface area contributed by atoms with E-state index in [-0.39, 0.29) is 5.56 Å². The monoisotopic (exact) mass is 341 g/mol. The number of nitrogens with zero attached hydrogens (tertiary/aromatic N) is 5. The molecule has 0 radical (unpaired) electrons. The lowest BCUT2D eigenvalue weighted by Gasteiger charge is -2.24. The zero-order chi connectivity index (χ0) is 17.2. The summed E-state index contributed by atoms with van der Waals surface area (Å²) in [4.78, 5) is 23.0. The first-order valence-electron chi connectivity index (χ1n) is 8.91. The molecule has 7 nitrogen and oxygen atoms in total. The summed E-state index contributed by atoms with van der Waals surface area (Å²) in [7, 11) is 1.57. The van der Waals surface area contributed by atoms with Crippen LogP contribution in [0.25, 0.3) is 0 Å². The van der Waals surface area contributed by atoms with E-state index < -0.39 is 0 Å². The lowest BCUT2D eigenvalue weighted by Crippen LogP contribution is -2.37. The molecule has 1 aliphatic carbocycles. The highest BCUT2D eigenvalue weighted by atomic mass is 16.5. The molecule has 0 spiro atoms. The average molecular weight is 341 g/mol. The average Bonchev–Trinajstić information content (AvgIpc) is 3.39. The van der Waals surface area contributed by atoms with Crippen LogP contribution in [-0.2, 0) is 13.1 Å². The molecule has 0 bridgehead atoms. The zero-order valence-electron chi connectivity index (χ0n) is 14.5. The third-order valence-electron chi connectivity index (χ3n) is 5.00. The number of methoxy groups -OCH3 is 1. The van der Waals surface area contributed by atoms with Gasteiger partial charge in [-0.1, -0.05) is 0 Å². The number of ether oxygens (including phenoxy) is 1. The molecule has 3 heterocycles. The third-order valence-corrected chi connectivity index (χ3v) is 5.00.